The average molecular weight is 282 g/mol. The molecular weight excluding hydrogens is 260 g/mol. The van der Waals surface area contributed by atoms with Crippen molar-refractivity contribution in [2.75, 3.05) is 11.9 Å². The second-order valence-corrected chi connectivity index (χ2v) is 6.43. The van der Waals surface area contributed by atoms with E-state index in [9.17, 15) is 9.90 Å². The predicted molar refractivity (Wildman–Crippen MR) is 78.3 cm³/mol. The van der Waals surface area contributed by atoms with Gasteiger partial charge >= 0.3 is 5.97 Å². The van der Waals surface area contributed by atoms with Crippen LogP contribution in [0, 0.1) is 5.92 Å². The van der Waals surface area contributed by atoms with E-state index in [1.807, 2.05) is 14.0 Å². The highest BCUT2D eigenvalue weighted by Gasteiger charge is 2.25. The van der Waals surface area contributed by atoms with Crippen LogP contribution in [-0.2, 0) is 6.42 Å². The highest BCUT2D eigenvalue weighted by molar-refractivity contribution is 7.17. The molecule has 0 aliphatic heterocycles. The first kappa shape index (κ1) is 14.3. The van der Waals surface area contributed by atoms with Gasteiger partial charge in [0.25, 0.3) is 0 Å². The van der Waals surface area contributed by atoms with Crippen LogP contribution in [0.15, 0.2) is 0 Å². The number of aromatic carboxylic acids is 1. The number of rotatable bonds is 4. The Bertz CT molecular complexity index is 450. The molecule has 0 unspecified atom stereocenters. The molecule has 0 spiro atoms. The maximum absolute atomic E-state index is 11.2. The molecule has 1 fully saturated rings. The normalized spacial score (nSPS) is 23.3. The fraction of sp³-hybridized carbons (Fsp3) is 0.714. The Hall–Kier alpha value is -1.10. The van der Waals surface area contributed by atoms with E-state index < -0.39 is 5.97 Å². The lowest BCUT2D eigenvalue weighted by Gasteiger charge is -2.33. The first-order valence-electron chi connectivity index (χ1n) is 6.98. The van der Waals surface area contributed by atoms with E-state index in [0.29, 0.717) is 23.0 Å². The van der Waals surface area contributed by atoms with Crippen molar-refractivity contribution >= 4 is 22.4 Å². The summed E-state index contributed by atoms with van der Waals surface area (Å²) in [5, 5.41) is 10.0. The monoisotopic (exact) mass is 282 g/mol. The van der Waals surface area contributed by atoms with Crippen LogP contribution in [0.1, 0.15) is 54.9 Å². The zero-order chi connectivity index (χ0) is 14.0. The van der Waals surface area contributed by atoms with Crippen molar-refractivity contribution < 1.29 is 9.90 Å². The highest BCUT2D eigenvalue weighted by atomic mass is 32.1. The van der Waals surface area contributed by atoms with Crippen LogP contribution in [0.4, 0.5) is 5.13 Å². The maximum atomic E-state index is 11.2. The Balaban J connectivity index is 2.15. The van der Waals surface area contributed by atoms with Crippen molar-refractivity contribution in [1.29, 1.82) is 0 Å². The molecule has 5 heteroatoms. The molecule has 0 radical (unpaired) electrons. The fourth-order valence-electron chi connectivity index (χ4n) is 2.68. The van der Waals surface area contributed by atoms with Crippen LogP contribution in [0.2, 0.25) is 0 Å². The van der Waals surface area contributed by atoms with Crippen LogP contribution in [0.5, 0.6) is 0 Å². The van der Waals surface area contributed by atoms with Crippen LogP contribution >= 0.6 is 11.3 Å². The zero-order valence-electron chi connectivity index (χ0n) is 11.8. The number of nitrogens with zero attached hydrogens (tertiary/aromatic N) is 2. The van der Waals surface area contributed by atoms with Crippen molar-refractivity contribution in [2.45, 2.75) is 52.0 Å². The SMILES string of the molecule is CCc1nc(N(C)C2CCC(C)CC2)sc1C(=O)O. The van der Waals surface area contributed by atoms with Gasteiger partial charge in [0.15, 0.2) is 5.13 Å². The molecule has 0 atom stereocenters. The van der Waals surface area contributed by atoms with Crippen molar-refractivity contribution in [3.05, 3.63) is 10.6 Å². The molecule has 1 aliphatic rings. The molecule has 1 heterocycles. The van der Waals surface area contributed by atoms with Crippen LogP contribution < -0.4 is 4.90 Å². The summed E-state index contributed by atoms with van der Waals surface area (Å²) < 4.78 is 0. The Morgan fingerprint density at radius 3 is 2.53 bits per heavy atom. The molecule has 0 aromatic carbocycles. The smallest absolute Gasteiger partial charge is 0.347 e. The van der Waals surface area contributed by atoms with Crippen LogP contribution in [0.25, 0.3) is 0 Å². The van der Waals surface area contributed by atoms with Gasteiger partial charge in [0.05, 0.1) is 5.69 Å². The summed E-state index contributed by atoms with van der Waals surface area (Å²) in [5.74, 6) is -0.0343. The molecule has 0 bridgehead atoms. The van der Waals surface area contributed by atoms with Crippen molar-refractivity contribution in [1.82, 2.24) is 4.98 Å². The number of aryl methyl sites for hydroxylation is 1. The third kappa shape index (κ3) is 3.08. The molecule has 19 heavy (non-hydrogen) atoms. The summed E-state index contributed by atoms with van der Waals surface area (Å²) in [4.78, 5) is 18.3. The number of thiazole rings is 1. The van der Waals surface area contributed by atoms with Gasteiger partial charge in [-0.15, -0.1) is 0 Å². The maximum Gasteiger partial charge on any atom is 0.347 e. The second-order valence-electron chi connectivity index (χ2n) is 5.46. The van der Waals surface area contributed by atoms with Gasteiger partial charge in [-0.25, -0.2) is 9.78 Å². The Morgan fingerprint density at radius 1 is 1.42 bits per heavy atom. The lowest BCUT2D eigenvalue weighted by atomic mass is 9.87. The zero-order valence-corrected chi connectivity index (χ0v) is 12.7. The Labute approximate surface area is 118 Å². The average Bonchev–Trinajstić information content (AvgIpc) is 2.83. The van der Waals surface area contributed by atoms with Gasteiger partial charge in [-0.3, -0.25) is 0 Å². The molecule has 2 rings (SSSR count). The summed E-state index contributed by atoms with van der Waals surface area (Å²) in [6.45, 7) is 4.25. The number of hydrogen-bond donors (Lipinski definition) is 1. The van der Waals surface area contributed by atoms with E-state index in [-0.39, 0.29) is 0 Å². The van der Waals surface area contributed by atoms with Crippen molar-refractivity contribution in [2.24, 2.45) is 5.92 Å². The molecule has 1 aromatic heterocycles. The van der Waals surface area contributed by atoms with Crippen LogP contribution in [-0.4, -0.2) is 29.1 Å². The molecule has 1 N–H and O–H groups in total. The molecule has 1 aromatic rings. The minimum absolute atomic E-state index is 0.397. The molecular formula is C14H22N2O2S. The number of carboxylic acid groups (broad SMARTS) is 1. The van der Waals surface area contributed by atoms with Crippen molar-refractivity contribution in [3.63, 3.8) is 0 Å². The Kier molecular flexibility index (Phi) is 4.45. The van der Waals surface area contributed by atoms with Crippen molar-refractivity contribution in [3.8, 4) is 0 Å². The summed E-state index contributed by atoms with van der Waals surface area (Å²) in [6, 6.07) is 0.508. The van der Waals surface area contributed by atoms with Gasteiger partial charge in [-0.2, -0.15) is 0 Å². The van der Waals surface area contributed by atoms with Gasteiger partial charge in [0, 0.05) is 13.1 Å². The molecule has 1 aliphatic carbocycles. The van der Waals surface area contributed by atoms with Gasteiger partial charge in [0.1, 0.15) is 4.88 Å². The van der Waals surface area contributed by atoms with Gasteiger partial charge in [-0.1, -0.05) is 25.2 Å². The minimum Gasteiger partial charge on any atom is -0.477 e. The van der Waals surface area contributed by atoms with Gasteiger partial charge in [-0.05, 0) is 38.0 Å². The van der Waals surface area contributed by atoms with Gasteiger partial charge < -0.3 is 10.0 Å². The second kappa shape index (κ2) is 5.90. The molecule has 4 nitrogen and oxygen atoms in total. The highest BCUT2D eigenvalue weighted by Crippen LogP contribution is 2.32. The van der Waals surface area contributed by atoms with E-state index in [1.54, 1.807) is 0 Å². The number of carboxylic acids is 1. The van der Waals surface area contributed by atoms with E-state index in [0.717, 1.165) is 11.0 Å². The summed E-state index contributed by atoms with van der Waals surface area (Å²) in [6.07, 6.45) is 5.55. The predicted octanol–water partition coefficient (Wildman–Crippen LogP) is 3.42. The lowest BCUT2D eigenvalue weighted by Crippen LogP contribution is -2.34. The third-order valence-corrected chi connectivity index (χ3v) is 5.23. The third-order valence-electron chi connectivity index (χ3n) is 4.05. The van der Waals surface area contributed by atoms with Gasteiger partial charge in [0.2, 0.25) is 0 Å². The molecule has 1 saturated carbocycles. The van der Waals surface area contributed by atoms with E-state index in [4.69, 9.17) is 0 Å². The molecule has 106 valence electrons. The standard InChI is InChI=1S/C14H22N2O2S/c1-4-11-12(13(17)18)19-14(15-11)16(3)10-7-5-9(2)6-8-10/h9-10H,4-8H2,1-3H3,(H,17,18). The number of aromatic nitrogens is 1. The summed E-state index contributed by atoms with van der Waals surface area (Å²) >= 11 is 1.31. The lowest BCUT2D eigenvalue weighted by molar-refractivity contribution is 0.0701. The first-order valence-corrected chi connectivity index (χ1v) is 7.80. The van der Waals surface area contributed by atoms with E-state index in [1.165, 1.54) is 37.0 Å². The Morgan fingerprint density at radius 2 is 2.05 bits per heavy atom. The van der Waals surface area contributed by atoms with Crippen LogP contribution in [0.3, 0.4) is 0 Å². The van der Waals surface area contributed by atoms with E-state index in [2.05, 4.69) is 16.8 Å². The fourth-order valence-corrected chi connectivity index (χ4v) is 3.71. The summed E-state index contributed by atoms with van der Waals surface area (Å²) in [7, 11) is 2.05. The summed E-state index contributed by atoms with van der Waals surface area (Å²) in [5.41, 5.74) is 0.712. The molecule has 0 saturated heterocycles. The number of hydrogen-bond acceptors (Lipinski definition) is 4. The quantitative estimate of drug-likeness (QED) is 0.919. The first-order chi connectivity index (χ1) is 9.02. The topological polar surface area (TPSA) is 53.4 Å². The largest absolute Gasteiger partial charge is 0.477 e. The number of anilines is 1. The minimum atomic E-state index is -0.855. The van der Waals surface area contributed by atoms with E-state index >= 15 is 0 Å². The molecule has 0 amide bonds. The number of carbonyl (C=O) groups is 1.